The molecule has 5 rings (SSSR count). The first kappa shape index (κ1) is 19.8. The Hall–Kier alpha value is -3.16. The van der Waals surface area contributed by atoms with Gasteiger partial charge in [-0.15, -0.1) is 11.8 Å². The van der Waals surface area contributed by atoms with Crippen LogP contribution in [0.3, 0.4) is 0 Å². The molecule has 2 N–H and O–H groups in total. The van der Waals surface area contributed by atoms with Crippen LogP contribution < -0.4 is 5.56 Å². The zero-order chi connectivity index (χ0) is 21.5. The Morgan fingerprint density at radius 1 is 1.10 bits per heavy atom. The number of nitrogens with zero attached hydrogens (tertiary/aromatic N) is 2. The number of aliphatic imine (C=N–C) groups is 1. The monoisotopic (exact) mass is 445 g/mol. The summed E-state index contributed by atoms with van der Waals surface area (Å²) in [5.41, 5.74) is 2.24. The molecule has 0 fully saturated rings. The maximum Gasteiger partial charge on any atom is 0.264 e. The van der Waals surface area contributed by atoms with Crippen LogP contribution in [0.25, 0.3) is 10.8 Å². The highest BCUT2D eigenvalue weighted by Crippen LogP contribution is 2.47. The Labute approximate surface area is 188 Å². The van der Waals surface area contributed by atoms with Gasteiger partial charge in [0.2, 0.25) is 5.88 Å². The van der Waals surface area contributed by atoms with Gasteiger partial charge in [0.05, 0.1) is 11.4 Å². The SMILES string of the molecule is Cn1c(O)c(C2=Nc3ccccc3S[C@@H](c3cccc4ccccc34)C2)c(=O)[nH]c1=S. The Kier molecular flexibility index (Phi) is 5.00. The van der Waals surface area contributed by atoms with Crippen molar-refractivity contribution in [1.29, 1.82) is 0 Å². The van der Waals surface area contributed by atoms with E-state index < -0.39 is 5.56 Å². The molecule has 154 valence electrons. The topological polar surface area (TPSA) is 70.4 Å². The van der Waals surface area contributed by atoms with Crippen molar-refractivity contribution >= 4 is 46.2 Å². The van der Waals surface area contributed by atoms with E-state index in [4.69, 9.17) is 17.2 Å². The van der Waals surface area contributed by atoms with E-state index in [1.807, 2.05) is 36.4 Å². The summed E-state index contributed by atoms with van der Waals surface area (Å²) in [6.45, 7) is 0. The fourth-order valence-electron chi connectivity index (χ4n) is 3.94. The summed E-state index contributed by atoms with van der Waals surface area (Å²) in [5, 5.41) is 13.1. The van der Waals surface area contributed by atoms with Crippen molar-refractivity contribution in [3.8, 4) is 5.88 Å². The number of hydrogen-bond acceptors (Lipinski definition) is 5. The van der Waals surface area contributed by atoms with Gasteiger partial charge in [0.15, 0.2) is 4.77 Å². The standard InChI is InChI=1S/C24H19N3O2S2/c1-27-23(29)21(22(28)26-24(27)30)18-13-20(31-19-12-5-4-11-17(19)25-18)16-10-6-8-14-7-2-3-9-15(14)16/h2-12,20,29H,13H2,1H3,(H,26,28,30)/t20-/m1/s1. The fourth-order valence-corrected chi connectivity index (χ4v) is 5.39. The van der Waals surface area contributed by atoms with Crippen molar-refractivity contribution in [2.45, 2.75) is 16.6 Å². The van der Waals surface area contributed by atoms with Crippen LogP contribution in [-0.2, 0) is 7.05 Å². The van der Waals surface area contributed by atoms with E-state index >= 15 is 0 Å². The highest BCUT2D eigenvalue weighted by Gasteiger charge is 2.27. The molecule has 3 aromatic carbocycles. The highest BCUT2D eigenvalue weighted by molar-refractivity contribution is 7.99. The van der Waals surface area contributed by atoms with Crippen molar-refractivity contribution in [1.82, 2.24) is 9.55 Å². The van der Waals surface area contributed by atoms with E-state index in [0.717, 1.165) is 10.6 Å². The number of para-hydroxylation sites is 1. The predicted molar refractivity (Wildman–Crippen MR) is 128 cm³/mol. The molecule has 0 saturated carbocycles. The Bertz CT molecular complexity index is 1460. The van der Waals surface area contributed by atoms with Crippen molar-refractivity contribution in [2.24, 2.45) is 12.0 Å². The van der Waals surface area contributed by atoms with Crippen LogP contribution in [0.4, 0.5) is 5.69 Å². The second-order valence-corrected chi connectivity index (χ2v) is 9.05. The molecule has 0 aliphatic carbocycles. The third-order valence-corrected chi connectivity index (χ3v) is 7.20. The van der Waals surface area contributed by atoms with Gasteiger partial charge in [0, 0.05) is 23.6 Å². The summed E-state index contributed by atoms with van der Waals surface area (Å²) in [6.07, 6.45) is 0.487. The number of rotatable bonds is 2. The maximum atomic E-state index is 12.8. The molecule has 4 aromatic rings. The van der Waals surface area contributed by atoms with Crippen LogP contribution >= 0.6 is 24.0 Å². The van der Waals surface area contributed by atoms with E-state index in [2.05, 4.69) is 35.3 Å². The first-order valence-corrected chi connectivity index (χ1v) is 11.2. The summed E-state index contributed by atoms with van der Waals surface area (Å²) in [6, 6.07) is 22.5. The van der Waals surface area contributed by atoms with Crippen molar-refractivity contribution in [3.05, 3.63) is 93.0 Å². The van der Waals surface area contributed by atoms with Crippen molar-refractivity contribution < 1.29 is 5.11 Å². The summed E-state index contributed by atoms with van der Waals surface area (Å²) in [7, 11) is 1.62. The van der Waals surface area contributed by atoms with Crippen LogP contribution in [0.15, 0.2) is 81.4 Å². The van der Waals surface area contributed by atoms with Gasteiger partial charge in [-0.05, 0) is 40.7 Å². The van der Waals surface area contributed by atoms with Crippen LogP contribution in [-0.4, -0.2) is 20.4 Å². The molecule has 5 nitrogen and oxygen atoms in total. The number of aromatic amines is 1. The summed E-state index contributed by atoms with van der Waals surface area (Å²) in [4.78, 5) is 21.3. The molecule has 0 bridgehead atoms. The van der Waals surface area contributed by atoms with E-state index in [1.54, 1.807) is 18.8 Å². The lowest BCUT2D eigenvalue weighted by Crippen LogP contribution is -2.23. The molecule has 1 aliphatic rings. The highest BCUT2D eigenvalue weighted by atomic mass is 32.2. The normalized spacial score (nSPS) is 15.9. The Balaban J connectivity index is 1.73. The third-order valence-electron chi connectivity index (χ3n) is 5.52. The number of hydrogen-bond donors (Lipinski definition) is 2. The van der Waals surface area contributed by atoms with Gasteiger partial charge in [-0.3, -0.25) is 19.3 Å². The number of aromatic hydroxyl groups is 1. The van der Waals surface area contributed by atoms with E-state index in [1.165, 1.54) is 20.9 Å². The quantitative estimate of drug-likeness (QED) is 0.391. The minimum Gasteiger partial charge on any atom is -0.494 e. The van der Waals surface area contributed by atoms with Gasteiger partial charge in [-0.1, -0.05) is 54.6 Å². The Morgan fingerprint density at radius 2 is 1.84 bits per heavy atom. The lowest BCUT2D eigenvalue weighted by molar-refractivity contribution is 0.419. The minimum atomic E-state index is -0.430. The number of fused-ring (bicyclic) bond motifs is 2. The average molecular weight is 446 g/mol. The summed E-state index contributed by atoms with van der Waals surface area (Å²) >= 11 is 6.86. The van der Waals surface area contributed by atoms with Crippen LogP contribution in [0.5, 0.6) is 5.88 Å². The molecule has 1 atom stereocenters. The lowest BCUT2D eigenvalue weighted by atomic mass is 9.97. The number of H-pyrrole nitrogens is 1. The van der Waals surface area contributed by atoms with E-state index in [0.29, 0.717) is 12.1 Å². The minimum absolute atomic E-state index is 0.0146. The van der Waals surface area contributed by atoms with Gasteiger partial charge in [-0.2, -0.15) is 0 Å². The van der Waals surface area contributed by atoms with Crippen molar-refractivity contribution in [3.63, 3.8) is 0 Å². The number of nitrogens with one attached hydrogen (secondary N) is 1. The van der Waals surface area contributed by atoms with Gasteiger partial charge in [-0.25, -0.2) is 0 Å². The molecule has 0 spiro atoms. The second kappa shape index (κ2) is 7.83. The van der Waals surface area contributed by atoms with Gasteiger partial charge in [0.1, 0.15) is 5.56 Å². The molecule has 0 unspecified atom stereocenters. The zero-order valence-corrected chi connectivity index (χ0v) is 18.3. The summed E-state index contributed by atoms with van der Waals surface area (Å²) in [5.74, 6) is -0.173. The maximum absolute atomic E-state index is 12.8. The lowest BCUT2D eigenvalue weighted by Gasteiger charge is -2.18. The van der Waals surface area contributed by atoms with E-state index in [9.17, 15) is 9.90 Å². The van der Waals surface area contributed by atoms with Gasteiger partial charge >= 0.3 is 0 Å². The molecule has 1 aliphatic heterocycles. The number of aromatic nitrogens is 2. The van der Waals surface area contributed by atoms with Crippen LogP contribution in [0.2, 0.25) is 0 Å². The second-order valence-electron chi connectivity index (χ2n) is 7.42. The molecule has 0 radical (unpaired) electrons. The molecule has 2 heterocycles. The molecular weight excluding hydrogens is 426 g/mol. The molecule has 7 heteroatoms. The molecule has 31 heavy (non-hydrogen) atoms. The predicted octanol–water partition coefficient (Wildman–Crippen LogP) is 5.66. The fraction of sp³-hybridized carbons (Fsp3) is 0.125. The van der Waals surface area contributed by atoms with Crippen molar-refractivity contribution in [2.75, 3.05) is 0 Å². The Morgan fingerprint density at radius 3 is 2.71 bits per heavy atom. The molecular formula is C24H19N3O2S2. The number of thioether (sulfide) groups is 1. The van der Waals surface area contributed by atoms with Crippen LogP contribution in [0, 0.1) is 4.77 Å². The number of benzene rings is 3. The third kappa shape index (κ3) is 3.49. The molecule has 0 amide bonds. The van der Waals surface area contributed by atoms with Crippen LogP contribution in [0.1, 0.15) is 22.8 Å². The molecule has 0 saturated heterocycles. The smallest absolute Gasteiger partial charge is 0.264 e. The van der Waals surface area contributed by atoms with E-state index in [-0.39, 0.29) is 21.5 Å². The molecule has 1 aromatic heterocycles. The van der Waals surface area contributed by atoms with Gasteiger partial charge < -0.3 is 5.11 Å². The average Bonchev–Trinajstić information content (AvgIpc) is 2.96. The summed E-state index contributed by atoms with van der Waals surface area (Å²) < 4.78 is 1.56. The van der Waals surface area contributed by atoms with Gasteiger partial charge in [0.25, 0.3) is 5.56 Å². The first-order valence-electron chi connectivity index (χ1n) is 9.86. The first-order chi connectivity index (χ1) is 15.0. The largest absolute Gasteiger partial charge is 0.494 e. The zero-order valence-electron chi connectivity index (χ0n) is 16.7.